The van der Waals surface area contributed by atoms with Crippen molar-refractivity contribution in [1.29, 1.82) is 0 Å². The van der Waals surface area contributed by atoms with E-state index >= 15 is 0 Å². The van der Waals surface area contributed by atoms with Crippen LogP contribution in [0.3, 0.4) is 0 Å². The summed E-state index contributed by atoms with van der Waals surface area (Å²) in [5, 5.41) is 4.62. The first-order valence-electron chi connectivity index (χ1n) is 12.4. The van der Waals surface area contributed by atoms with Crippen LogP contribution in [0.4, 0.5) is 4.39 Å². The lowest BCUT2D eigenvalue weighted by atomic mass is 9.62. The molecule has 2 atom stereocenters. The van der Waals surface area contributed by atoms with Crippen LogP contribution >= 0.6 is 23.2 Å². The molecule has 1 unspecified atom stereocenters. The van der Waals surface area contributed by atoms with Gasteiger partial charge in [0.15, 0.2) is 0 Å². The maximum atomic E-state index is 14.2. The Hall–Kier alpha value is -1.86. The van der Waals surface area contributed by atoms with Gasteiger partial charge in [0.1, 0.15) is 17.7 Å². The lowest BCUT2D eigenvalue weighted by molar-refractivity contribution is -0.133. The van der Waals surface area contributed by atoms with Crippen LogP contribution in [0.25, 0.3) is 0 Å². The molecule has 3 aliphatic heterocycles. The van der Waals surface area contributed by atoms with Crippen LogP contribution in [0.15, 0.2) is 36.4 Å². The average molecular weight is 521 g/mol. The van der Waals surface area contributed by atoms with Crippen LogP contribution < -0.4 is 10.1 Å². The summed E-state index contributed by atoms with van der Waals surface area (Å²) in [6.07, 6.45) is 3.90. The van der Waals surface area contributed by atoms with E-state index in [0.717, 1.165) is 49.9 Å². The molecule has 2 aromatic carbocycles. The van der Waals surface area contributed by atoms with Gasteiger partial charge in [-0.3, -0.25) is 4.79 Å². The second-order valence-electron chi connectivity index (χ2n) is 9.99. The van der Waals surface area contributed by atoms with E-state index in [-0.39, 0.29) is 35.6 Å². The third-order valence-electron chi connectivity index (χ3n) is 7.81. The van der Waals surface area contributed by atoms with Crippen molar-refractivity contribution < 1.29 is 18.7 Å². The number of rotatable bonds is 5. The molecule has 3 fully saturated rings. The molecule has 3 aliphatic rings. The molecule has 3 heterocycles. The molecular weight excluding hydrogens is 490 g/mol. The normalized spacial score (nSPS) is 24.0. The molecule has 35 heavy (non-hydrogen) atoms. The minimum atomic E-state index is -0.290. The van der Waals surface area contributed by atoms with Crippen LogP contribution in [-0.2, 0) is 16.0 Å². The monoisotopic (exact) mass is 520 g/mol. The predicted molar refractivity (Wildman–Crippen MR) is 135 cm³/mol. The minimum absolute atomic E-state index is 0.0393. The third kappa shape index (κ3) is 5.61. The van der Waals surface area contributed by atoms with Gasteiger partial charge in [-0.25, -0.2) is 4.39 Å². The van der Waals surface area contributed by atoms with E-state index in [1.807, 2.05) is 11.0 Å². The molecule has 3 saturated heterocycles. The highest BCUT2D eigenvalue weighted by atomic mass is 35.5. The fraction of sp³-hybridized carbons (Fsp3) is 0.519. The Balaban J connectivity index is 1.31. The van der Waals surface area contributed by atoms with E-state index in [9.17, 15) is 9.18 Å². The maximum Gasteiger partial charge on any atom is 0.226 e. The average Bonchev–Trinajstić information content (AvgIpc) is 3.33. The van der Waals surface area contributed by atoms with Crippen molar-refractivity contribution in [2.45, 2.75) is 44.1 Å². The first kappa shape index (κ1) is 24.8. The molecule has 8 heteroatoms. The van der Waals surface area contributed by atoms with Gasteiger partial charge >= 0.3 is 0 Å². The summed E-state index contributed by atoms with van der Waals surface area (Å²) >= 11 is 12.2. The summed E-state index contributed by atoms with van der Waals surface area (Å²) < 4.78 is 25.9. The zero-order valence-electron chi connectivity index (χ0n) is 19.7. The number of piperidine rings is 2. The van der Waals surface area contributed by atoms with Gasteiger partial charge in [0, 0.05) is 48.1 Å². The molecule has 5 rings (SSSR count). The Morgan fingerprint density at radius 2 is 1.91 bits per heavy atom. The lowest BCUT2D eigenvalue weighted by Crippen LogP contribution is -2.51. The van der Waals surface area contributed by atoms with Crippen LogP contribution in [0.1, 0.15) is 42.7 Å². The van der Waals surface area contributed by atoms with Crippen LogP contribution in [0, 0.1) is 11.2 Å². The molecular formula is C27H31Cl2FN2O3. The number of ether oxygens (including phenoxy) is 2. The molecule has 188 valence electrons. The Morgan fingerprint density at radius 1 is 1.14 bits per heavy atom. The first-order chi connectivity index (χ1) is 16.9. The molecule has 1 spiro atoms. The van der Waals surface area contributed by atoms with Crippen molar-refractivity contribution >= 4 is 29.1 Å². The second kappa shape index (κ2) is 10.6. The molecule has 0 aromatic heterocycles. The van der Waals surface area contributed by atoms with Gasteiger partial charge in [-0.15, -0.1) is 0 Å². The fourth-order valence-electron chi connectivity index (χ4n) is 5.90. The summed E-state index contributed by atoms with van der Waals surface area (Å²) in [5.74, 6) is 0.626. The number of halogens is 3. The fourth-order valence-corrected chi connectivity index (χ4v) is 6.47. The quantitative estimate of drug-likeness (QED) is 0.586. The van der Waals surface area contributed by atoms with Crippen molar-refractivity contribution in [3.05, 3.63) is 63.4 Å². The number of amides is 1. The molecule has 1 N–H and O–H groups in total. The van der Waals surface area contributed by atoms with Crippen molar-refractivity contribution in [3.63, 3.8) is 0 Å². The molecule has 0 radical (unpaired) electrons. The van der Waals surface area contributed by atoms with Crippen LogP contribution in [0.2, 0.25) is 10.0 Å². The number of likely N-dealkylation sites (tertiary alicyclic amines) is 1. The largest absolute Gasteiger partial charge is 0.488 e. The molecule has 5 nitrogen and oxygen atoms in total. The maximum absolute atomic E-state index is 14.2. The Morgan fingerprint density at radius 3 is 2.63 bits per heavy atom. The number of nitrogens with one attached hydrogen (secondary N) is 1. The topological polar surface area (TPSA) is 50.8 Å². The van der Waals surface area contributed by atoms with E-state index in [2.05, 4.69) is 5.32 Å². The van der Waals surface area contributed by atoms with E-state index < -0.39 is 0 Å². The minimum Gasteiger partial charge on any atom is -0.488 e. The Labute approximate surface area is 215 Å². The van der Waals surface area contributed by atoms with E-state index in [0.29, 0.717) is 42.1 Å². The molecule has 0 aliphatic carbocycles. The number of hydrogen-bond donors (Lipinski definition) is 1. The number of carbonyl (C=O) groups excluding carboxylic acids is 1. The summed E-state index contributed by atoms with van der Waals surface area (Å²) in [7, 11) is 0. The summed E-state index contributed by atoms with van der Waals surface area (Å²) in [6, 6.07) is 10.2. The third-order valence-corrected chi connectivity index (χ3v) is 8.25. The summed E-state index contributed by atoms with van der Waals surface area (Å²) in [5.41, 5.74) is 1.93. The Bertz CT molecular complexity index is 1050. The number of hydrogen-bond acceptors (Lipinski definition) is 4. The van der Waals surface area contributed by atoms with Gasteiger partial charge in [-0.05, 0) is 66.6 Å². The van der Waals surface area contributed by atoms with Crippen molar-refractivity contribution in [2.24, 2.45) is 5.41 Å². The predicted octanol–water partition coefficient (Wildman–Crippen LogP) is 5.23. The van der Waals surface area contributed by atoms with Gasteiger partial charge in [-0.1, -0.05) is 29.3 Å². The van der Waals surface area contributed by atoms with Gasteiger partial charge in [0.25, 0.3) is 0 Å². The van der Waals surface area contributed by atoms with E-state index in [1.54, 1.807) is 18.2 Å². The molecule has 1 amide bonds. The van der Waals surface area contributed by atoms with Gasteiger partial charge < -0.3 is 19.7 Å². The van der Waals surface area contributed by atoms with Crippen molar-refractivity contribution in [1.82, 2.24) is 10.2 Å². The number of carbonyl (C=O) groups is 1. The van der Waals surface area contributed by atoms with Gasteiger partial charge in [0.2, 0.25) is 5.91 Å². The zero-order chi connectivity index (χ0) is 24.4. The van der Waals surface area contributed by atoms with E-state index in [4.69, 9.17) is 32.7 Å². The highest BCUT2D eigenvalue weighted by Crippen LogP contribution is 2.50. The lowest BCUT2D eigenvalue weighted by Gasteiger charge is -2.50. The molecule has 0 saturated carbocycles. The summed E-state index contributed by atoms with van der Waals surface area (Å²) in [4.78, 5) is 15.0. The van der Waals surface area contributed by atoms with Crippen molar-refractivity contribution in [2.75, 3.05) is 39.4 Å². The summed E-state index contributed by atoms with van der Waals surface area (Å²) in [6.45, 7) is 4.39. The van der Waals surface area contributed by atoms with Crippen molar-refractivity contribution in [3.8, 4) is 5.75 Å². The highest BCUT2D eigenvalue weighted by Gasteiger charge is 2.45. The van der Waals surface area contributed by atoms with Gasteiger partial charge in [-0.2, -0.15) is 0 Å². The zero-order valence-corrected chi connectivity index (χ0v) is 21.2. The first-order valence-corrected chi connectivity index (χ1v) is 13.1. The SMILES string of the molecule is O=C(Cc1cc(Cl)cc(Cl)c1)N1CCC2(CCNCC2c2ccc(F)cc2O[C@@H]2CCOC2)CC1. The van der Waals surface area contributed by atoms with Gasteiger partial charge in [0.05, 0.1) is 19.6 Å². The number of benzene rings is 2. The molecule has 2 aromatic rings. The standard InChI is InChI=1S/C27H31Cl2FN2O3/c28-19-11-18(12-20(29)14-19)13-26(33)32-8-5-27(6-9-32)4-7-31-16-24(27)23-2-1-21(30)15-25(23)35-22-3-10-34-17-22/h1-2,11-12,14-15,22,24,31H,3-10,13,16-17H2/t22-,24?/m1/s1. The second-order valence-corrected chi connectivity index (χ2v) is 10.9. The number of nitrogens with zero attached hydrogens (tertiary/aromatic N) is 1. The molecule has 0 bridgehead atoms. The van der Waals surface area contributed by atoms with Crippen LogP contribution in [-0.4, -0.2) is 56.3 Å². The Kier molecular flexibility index (Phi) is 7.54. The van der Waals surface area contributed by atoms with E-state index in [1.165, 1.54) is 12.1 Å². The highest BCUT2D eigenvalue weighted by molar-refractivity contribution is 6.34. The smallest absolute Gasteiger partial charge is 0.226 e. The van der Waals surface area contributed by atoms with Crippen LogP contribution in [0.5, 0.6) is 5.75 Å².